The molecule has 1 aliphatic rings. The van der Waals surface area contributed by atoms with Crippen LogP contribution in [0.15, 0.2) is 5.10 Å². The standard InChI is InChI=1S/C4H6N4O2/c5-6-4(10)2-1-3(9)8-7-2/h1,5H2,(H,6,10)(H,8,9). The SMILES string of the molecule is NNC(=O)C1=NNC(=O)C1. The highest BCUT2D eigenvalue weighted by Crippen LogP contribution is 1.93. The van der Waals surface area contributed by atoms with Crippen LogP contribution < -0.4 is 16.7 Å². The zero-order chi connectivity index (χ0) is 7.56. The van der Waals surface area contributed by atoms with Gasteiger partial charge in [-0.15, -0.1) is 0 Å². The van der Waals surface area contributed by atoms with E-state index in [-0.39, 0.29) is 18.0 Å². The molecule has 1 heterocycles. The van der Waals surface area contributed by atoms with E-state index in [4.69, 9.17) is 5.84 Å². The molecule has 0 spiro atoms. The summed E-state index contributed by atoms with van der Waals surface area (Å²) in [6.45, 7) is 0. The van der Waals surface area contributed by atoms with Crippen LogP contribution >= 0.6 is 0 Å². The second kappa shape index (κ2) is 2.44. The Balaban J connectivity index is 2.59. The molecular weight excluding hydrogens is 136 g/mol. The largest absolute Gasteiger partial charge is 0.289 e. The zero-order valence-electron chi connectivity index (χ0n) is 5.05. The fourth-order valence-corrected chi connectivity index (χ4v) is 0.575. The van der Waals surface area contributed by atoms with Crippen molar-refractivity contribution in [3.05, 3.63) is 0 Å². The van der Waals surface area contributed by atoms with E-state index in [1.165, 1.54) is 0 Å². The van der Waals surface area contributed by atoms with Crippen molar-refractivity contribution in [3.8, 4) is 0 Å². The third-order valence-corrected chi connectivity index (χ3v) is 1.04. The van der Waals surface area contributed by atoms with Crippen molar-refractivity contribution in [2.75, 3.05) is 0 Å². The number of nitrogens with zero attached hydrogens (tertiary/aromatic N) is 1. The quantitative estimate of drug-likeness (QED) is 0.221. The van der Waals surface area contributed by atoms with Gasteiger partial charge in [0.15, 0.2) is 0 Å². The molecule has 0 aromatic rings. The zero-order valence-corrected chi connectivity index (χ0v) is 5.05. The lowest BCUT2D eigenvalue weighted by Gasteiger charge is -1.92. The predicted molar refractivity (Wildman–Crippen MR) is 32.5 cm³/mol. The van der Waals surface area contributed by atoms with E-state index in [2.05, 4.69) is 10.5 Å². The van der Waals surface area contributed by atoms with Crippen LogP contribution in [0.25, 0.3) is 0 Å². The average Bonchev–Trinajstić information content (AvgIpc) is 2.34. The molecule has 0 fully saturated rings. The minimum atomic E-state index is -0.529. The molecule has 0 unspecified atom stereocenters. The van der Waals surface area contributed by atoms with Crippen LogP contribution in [0.4, 0.5) is 0 Å². The second-order valence-electron chi connectivity index (χ2n) is 1.74. The molecule has 2 amide bonds. The van der Waals surface area contributed by atoms with Gasteiger partial charge < -0.3 is 0 Å². The molecule has 1 rings (SSSR count). The highest BCUT2D eigenvalue weighted by atomic mass is 16.2. The van der Waals surface area contributed by atoms with Gasteiger partial charge in [-0.2, -0.15) is 5.10 Å². The summed E-state index contributed by atoms with van der Waals surface area (Å²) in [5.41, 5.74) is 4.10. The Morgan fingerprint density at radius 2 is 2.50 bits per heavy atom. The number of amides is 2. The maximum Gasteiger partial charge on any atom is 0.281 e. The van der Waals surface area contributed by atoms with Gasteiger partial charge in [-0.1, -0.05) is 0 Å². The summed E-state index contributed by atoms with van der Waals surface area (Å²) in [5.74, 6) is 3.96. The fourth-order valence-electron chi connectivity index (χ4n) is 0.575. The highest BCUT2D eigenvalue weighted by molar-refractivity contribution is 6.42. The first kappa shape index (κ1) is 6.69. The van der Waals surface area contributed by atoms with E-state index in [0.29, 0.717) is 0 Å². The normalized spacial score (nSPS) is 16.1. The summed E-state index contributed by atoms with van der Waals surface area (Å²) in [6.07, 6.45) is 0.00301. The Bertz CT molecular complexity index is 209. The first-order valence-electron chi connectivity index (χ1n) is 2.60. The van der Waals surface area contributed by atoms with Crippen LogP contribution in [0, 0.1) is 0 Å². The van der Waals surface area contributed by atoms with Crippen LogP contribution in [0.1, 0.15) is 6.42 Å². The minimum Gasteiger partial charge on any atom is -0.289 e. The molecule has 4 N–H and O–H groups in total. The van der Waals surface area contributed by atoms with E-state index < -0.39 is 5.91 Å². The summed E-state index contributed by atoms with van der Waals surface area (Å²) in [6, 6.07) is 0. The maximum absolute atomic E-state index is 10.6. The number of hydrogen-bond donors (Lipinski definition) is 3. The molecule has 54 valence electrons. The molecule has 0 atom stereocenters. The number of hydrazone groups is 1. The fraction of sp³-hybridized carbons (Fsp3) is 0.250. The molecule has 0 saturated heterocycles. The highest BCUT2D eigenvalue weighted by Gasteiger charge is 2.19. The van der Waals surface area contributed by atoms with Gasteiger partial charge in [0.25, 0.3) is 5.91 Å². The van der Waals surface area contributed by atoms with Gasteiger partial charge in [-0.05, 0) is 0 Å². The number of hydrazine groups is 1. The van der Waals surface area contributed by atoms with Gasteiger partial charge in [0.1, 0.15) is 5.71 Å². The third kappa shape index (κ3) is 1.11. The molecule has 0 aromatic heterocycles. The average molecular weight is 142 g/mol. The number of nitrogens with one attached hydrogen (secondary N) is 2. The van der Waals surface area contributed by atoms with E-state index in [1.54, 1.807) is 0 Å². The Morgan fingerprint density at radius 3 is 2.90 bits per heavy atom. The topological polar surface area (TPSA) is 96.6 Å². The molecule has 6 nitrogen and oxygen atoms in total. The molecule has 0 aliphatic carbocycles. The van der Waals surface area contributed by atoms with E-state index in [9.17, 15) is 9.59 Å². The minimum absolute atomic E-state index is 0.00301. The van der Waals surface area contributed by atoms with E-state index >= 15 is 0 Å². The first-order valence-corrected chi connectivity index (χ1v) is 2.60. The van der Waals surface area contributed by atoms with Gasteiger partial charge in [-0.3, -0.25) is 15.0 Å². The lowest BCUT2D eigenvalue weighted by molar-refractivity contribution is -0.120. The lowest BCUT2D eigenvalue weighted by Crippen LogP contribution is -2.35. The van der Waals surface area contributed by atoms with Crippen molar-refractivity contribution in [2.24, 2.45) is 10.9 Å². The number of carbonyl (C=O) groups is 2. The summed E-state index contributed by atoms with van der Waals surface area (Å²) in [7, 11) is 0. The molecular formula is C4H6N4O2. The molecule has 0 radical (unpaired) electrons. The monoisotopic (exact) mass is 142 g/mol. The van der Waals surface area contributed by atoms with Gasteiger partial charge in [0.05, 0.1) is 6.42 Å². The third-order valence-electron chi connectivity index (χ3n) is 1.04. The van der Waals surface area contributed by atoms with Crippen LogP contribution in [0.5, 0.6) is 0 Å². The van der Waals surface area contributed by atoms with Crippen molar-refractivity contribution in [1.82, 2.24) is 10.9 Å². The lowest BCUT2D eigenvalue weighted by atomic mass is 10.3. The molecule has 10 heavy (non-hydrogen) atoms. The Kier molecular flexibility index (Phi) is 1.63. The Hall–Kier alpha value is -1.43. The van der Waals surface area contributed by atoms with Crippen LogP contribution in [0.2, 0.25) is 0 Å². The molecule has 6 heteroatoms. The van der Waals surface area contributed by atoms with Crippen molar-refractivity contribution >= 4 is 17.5 Å². The summed E-state index contributed by atoms with van der Waals surface area (Å²) in [4.78, 5) is 21.0. The van der Waals surface area contributed by atoms with Crippen molar-refractivity contribution in [3.63, 3.8) is 0 Å². The van der Waals surface area contributed by atoms with Gasteiger partial charge in [-0.25, -0.2) is 11.3 Å². The van der Waals surface area contributed by atoms with Crippen molar-refractivity contribution in [1.29, 1.82) is 0 Å². The van der Waals surface area contributed by atoms with Crippen LogP contribution in [0.3, 0.4) is 0 Å². The number of hydrogen-bond acceptors (Lipinski definition) is 4. The molecule has 0 saturated carbocycles. The molecule has 1 aliphatic heterocycles. The van der Waals surface area contributed by atoms with Gasteiger partial charge in [0, 0.05) is 0 Å². The molecule has 0 aromatic carbocycles. The van der Waals surface area contributed by atoms with Crippen molar-refractivity contribution < 1.29 is 9.59 Å². The van der Waals surface area contributed by atoms with Gasteiger partial charge in [0.2, 0.25) is 5.91 Å². The van der Waals surface area contributed by atoms with Gasteiger partial charge >= 0.3 is 0 Å². The second-order valence-corrected chi connectivity index (χ2v) is 1.74. The summed E-state index contributed by atoms with van der Waals surface area (Å²) < 4.78 is 0. The number of rotatable bonds is 1. The van der Waals surface area contributed by atoms with E-state index in [0.717, 1.165) is 0 Å². The van der Waals surface area contributed by atoms with E-state index in [1.807, 2.05) is 5.43 Å². The molecule has 0 bridgehead atoms. The first-order chi connectivity index (χ1) is 4.74. The number of carbonyl (C=O) groups excluding carboxylic acids is 2. The summed E-state index contributed by atoms with van der Waals surface area (Å²) >= 11 is 0. The van der Waals surface area contributed by atoms with Crippen molar-refractivity contribution in [2.45, 2.75) is 6.42 Å². The number of nitrogens with two attached hydrogens (primary N) is 1. The van der Waals surface area contributed by atoms with Crippen LogP contribution in [-0.4, -0.2) is 17.5 Å². The Labute approximate surface area is 56.4 Å². The maximum atomic E-state index is 10.6. The summed E-state index contributed by atoms with van der Waals surface area (Å²) in [5, 5.41) is 3.41. The Morgan fingerprint density at radius 1 is 1.80 bits per heavy atom. The van der Waals surface area contributed by atoms with Crippen LogP contribution in [-0.2, 0) is 9.59 Å². The smallest absolute Gasteiger partial charge is 0.281 e. The predicted octanol–water partition coefficient (Wildman–Crippen LogP) is -2.15.